The summed E-state index contributed by atoms with van der Waals surface area (Å²) < 4.78 is 12.2. The highest BCUT2D eigenvalue weighted by Crippen LogP contribution is 2.29. The van der Waals surface area contributed by atoms with E-state index in [9.17, 15) is 0 Å². The molecule has 160 valence electrons. The first kappa shape index (κ1) is 22.9. The number of nitrogen functional groups attached to an aromatic ring is 2. The van der Waals surface area contributed by atoms with Crippen LogP contribution in [0.1, 0.15) is 53.4 Å². The van der Waals surface area contributed by atoms with Gasteiger partial charge in [0.1, 0.15) is 23.4 Å². The molecule has 0 heterocycles. The lowest BCUT2D eigenvalue weighted by molar-refractivity contribution is 0.0849. The molecule has 2 aromatic carbocycles. The Bertz CT molecular complexity index is 743. The second kappa shape index (κ2) is 11.6. The minimum Gasteiger partial charge on any atom is -0.489 e. The van der Waals surface area contributed by atoms with Gasteiger partial charge in [-0.1, -0.05) is 32.8 Å². The first-order valence-electron chi connectivity index (χ1n) is 10.8. The fourth-order valence-corrected chi connectivity index (χ4v) is 3.21. The Hall–Kier alpha value is -2.40. The first-order valence-corrected chi connectivity index (χ1v) is 10.8. The van der Waals surface area contributed by atoms with Crippen molar-refractivity contribution in [3.8, 4) is 17.2 Å². The zero-order chi connectivity index (χ0) is 21.2. The van der Waals surface area contributed by atoms with Crippen LogP contribution in [0.15, 0.2) is 42.5 Å². The van der Waals surface area contributed by atoms with Crippen LogP contribution in [-0.2, 0) is 0 Å². The van der Waals surface area contributed by atoms with Crippen molar-refractivity contribution in [2.45, 2.75) is 65.5 Å². The van der Waals surface area contributed by atoms with Gasteiger partial charge in [-0.2, -0.15) is 0 Å². The van der Waals surface area contributed by atoms with Crippen molar-refractivity contribution in [1.82, 2.24) is 4.90 Å². The minimum atomic E-state index is 0.0751. The Kier molecular flexibility index (Phi) is 9.13. The third-order valence-electron chi connectivity index (χ3n) is 5.27. The van der Waals surface area contributed by atoms with Gasteiger partial charge in [-0.3, -0.25) is 4.90 Å². The number of ether oxygens (including phenoxy) is 2. The number of hydrogen-bond acceptors (Lipinski definition) is 5. The predicted molar refractivity (Wildman–Crippen MR) is 123 cm³/mol. The van der Waals surface area contributed by atoms with E-state index in [0.717, 1.165) is 18.8 Å². The van der Waals surface area contributed by atoms with Crippen LogP contribution in [-0.4, -0.2) is 30.1 Å². The number of nitrogens with two attached hydrogens (primary N) is 2. The number of rotatable bonds is 12. The molecule has 0 spiro atoms. The van der Waals surface area contributed by atoms with E-state index in [1.807, 2.05) is 30.3 Å². The lowest BCUT2D eigenvalue weighted by Crippen LogP contribution is -2.43. The summed E-state index contributed by atoms with van der Waals surface area (Å²) in [6.45, 7) is 11.1. The summed E-state index contributed by atoms with van der Waals surface area (Å²) in [5.74, 6) is 2.16. The summed E-state index contributed by atoms with van der Waals surface area (Å²) >= 11 is 0. The monoisotopic (exact) mass is 399 g/mol. The highest BCUT2D eigenvalue weighted by atomic mass is 16.5. The van der Waals surface area contributed by atoms with Gasteiger partial charge in [0.05, 0.1) is 11.4 Å². The van der Waals surface area contributed by atoms with Gasteiger partial charge >= 0.3 is 0 Å². The molecular formula is C24H37N3O2. The van der Waals surface area contributed by atoms with Gasteiger partial charge in [-0.05, 0) is 64.0 Å². The highest BCUT2D eigenvalue weighted by molar-refractivity contribution is 5.65. The van der Waals surface area contributed by atoms with E-state index < -0.39 is 0 Å². The quantitative estimate of drug-likeness (QED) is 0.448. The Morgan fingerprint density at radius 2 is 1.45 bits per heavy atom. The van der Waals surface area contributed by atoms with E-state index >= 15 is 0 Å². The van der Waals surface area contributed by atoms with Gasteiger partial charge in [0.15, 0.2) is 0 Å². The number of unbranched alkanes of at least 4 members (excludes halogenated alkanes) is 2. The van der Waals surface area contributed by atoms with Gasteiger partial charge in [0, 0.05) is 18.2 Å². The Balaban J connectivity index is 2.02. The maximum absolute atomic E-state index is 6.27. The van der Waals surface area contributed by atoms with E-state index in [0.29, 0.717) is 28.9 Å². The third kappa shape index (κ3) is 7.17. The molecular weight excluding hydrogens is 362 g/mol. The molecule has 5 heteroatoms. The fraction of sp³-hybridized carbons (Fsp3) is 0.500. The van der Waals surface area contributed by atoms with Crippen molar-refractivity contribution in [2.24, 2.45) is 0 Å². The van der Waals surface area contributed by atoms with Crippen molar-refractivity contribution in [3.63, 3.8) is 0 Å². The normalized spacial score (nSPS) is 13.3. The van der Waals surface area contributed by atoms with Crippen molar-refractivity contribution >= 4 is 11.4 Å². The minimum absolute atomic E-state index is 0.0751. The van der Waals surface area contributed by atoms with E-state index in [2.05, 4.69) is 32.6 Å². The van der Waals surface area contributed by atoms with Crippen molar-refractivity contribution in [3.05, 3.63) is 42.5 Å². The van der Waals surface area contributed by atoms with Crippen molar-refractivity contribution in [1.29, 1.82) is 0 Å². The van der Waals surface area contributed by atoms with E-state index in [4.69, 9.17) is 20.9 Å². The average molecular weight is 400 g/mol. The van der Waals surface area contributed by atoms with Crippen LogP contribution >= 0.6 is 0 Å². The standard InChI is InChI=1S/C24H37N3O2/c1-5-7-14-27(15-8-6-2)18(3)19(4)28-20-10-9-11-21(16-20)29-22-12-13-23(25)24(26)17-22/h9-13,16-19H,5-8,14-15,25-26H2,1-4H3. The van der Waals surface area contributed by atoms with Crippen LogP contribution in [0.25, 0.3) is 0 Å². The Morgan fingerprint density at radius 1 is 0.828 bits per heavy atom. The number of anilines is 2. The highest BCUT2D eigenvalue weighted by Gasteiger charge is 2.21. The summed E-state index contributed by atoms with van der Waals surface area (Å²) in [4.78, 5) is 2.55. The number of nitrogens with zero attached hydrogens (tertiary/aromatic N) is 1. The topological polar surface area (TPSA) is 73.7 Å². The van der Waals surface area contributed by atoms with Gasteiger partial charge in [-0.15, -0.1) is 0 Å². The molecule has 0 amide bonds. The molecule has 2 rings (SSSR count). The smallest absolute Gasteiger partial charge is 0.131 e. The van der Waals surface area contributed by atoms with Gasteiger partial charge in [0.2, 0.25) is 0 Å². The molecule has 0 bridgehead atoms. The molecule has 0 fully saturated rings. The maximum atomic E-state index is 6.27. The number of hydrogen-bond donors (Lipinski definition) is 2. The molecule has 0 aromatic heterocycles. The maximum Gasteiger partial charge on any atom is 0.131 e. The summed E-state index contributed by atoms with van der Waals surface area (Å²) in [5.41, 5.74) is 12.7. The molecule has 2 unspecified atom stereocenters. The predicted octanol–water partition coefficient (Wildman–Crippen LogP) is 5.70. The van der Waals surface area contributed by atoms with Crippen LogP contribution in [0, 0.1) is 0 Å². The molecule has 0 saturated carbocycles. The molecule has 0 aliphatic rings. The van der Waals surface area contributed by atoms with Crippen LogP contribution in [0.3, 0.4) is 0 Å². The second-order valence-electron chi connectivity index (χ2n) is 7.67. The molecule has 4 N–H and O–H groups in total. The largest absolute Gasteiger partial charge is 0.489 e. The van der Waals surface area contributed by atoms with Crippen molar-refractivity contribution in [2.75, 3.05) is 24.6 Å². The molecule has 0 radical (unpaired) electrons. The van der Waals surface area contributed by atoms with Crippen LogP contribution in [0.4, 0.5) is 11.4 Å². The zero-order valence-electron chi connectivity index (χ0n) is 18.4. The van der Waals surface area contributed by atoms with Gasteiger partial charge in [0.25, 0.3) is 0 Å². The lowest BCUT2D eigenvalue weighted by atomic mass is 10.1. The number of benzene rings is 2. The van der Waals surface area contributed by atoms with E-state index in [1.54, 1.807) is 12.1 Å². The fourth-order valence-electron chi connectivity index (χ4n) is 3.21. The Morgan fingerprint density at radius 3 is 2.07 bits per heavy atom. The summed E-state index contributed by atoms with van der Waals surface area (Å²) in [6.07, 6.45) is 4.93. The van der Waals surface area contributed by atoms with Crippen LogP contribution < -0.4 is 20.9 Å². The van der Waals surface area contributed by atoms with Crippen LogP contribution in [0.2, 0.25) is 0 Å². The first-order chi connectivity index (χ1) is 13.9. The third-order valence-corrected chi connectivity index (χ3v) is 5.27. The zero-order valence-corrected chi connectivity index (χ0v) is 18.4. The van der Waals surface area contributed by atoms with Gasteiger partial charge < -0.3 is 20.9 Å². The summed E-state index contributed by atoms with van der Waals surface area (Å²) in [7, 11) is 0. The lowest BCUT2D eigenvalue weighted by Gasteiger charge is -2.33. The molecule has 5 nitrogen and oxygen atoms in total. The van der Waals surface area contributed by atoms with Crippen molar-refractivity contribution < 1.29 is 9.47 Å². The molecule has 0 aliphatic heterocycles. The van der Waals surface area contributed by atoms with Gasteiger partial charge in [-0.25, -0.2) is 0 Å². The second-order valence-corrected chi connectivity index (χ2v) is 7.67. The molecule has 2 atom stereocenters. The van der Waals surface area contributed by atoms with E-state index in [1.165, 1.54) is 25.7 Å². The molecule has 29 heavy (non-hydrogen) atoms. The SMILES string of the molecule is CCCCN(CCCC)C(C)C(C)Oc1cccc(Oc2ccc(N)c(N)c2)c1. The summed E-state index contributed by atoms with van der Waals surface area (Å²) in [5, 5.41) is 0. The Labute approximate surface area is 176 Å². The van der Waals surface area contributed by atoms with Crippen LogP contribution in [0.5, 0.6) is 17.2 Å². The molecule has 0 saturated heterocycles. The molecule has 2 aromatic rings. The average Bonchev–Trinajstić information content (AvgIpc) is 2.70. The summed E-state index contributed by atoms with van der Waals surface area (Å²) in [6, 6.07) is 13.4. The van der Waals surface area contributed by atoms with E-state index in [-0.39, 0.29) is 6.10 Å². The molecule has 0 aliphatic carbocycles.